The lowest BCUT2D eigenvalue weighted by Gasteiger charge is -2.27. The Morgan fingerprint density at radius 1 is 1.41 bits per heavy atom. The van der Waals surface area contributed by atoms with Gasteiger partial charge in [0.15, 0.2) is 0 Å². The Morgan fingerprint density at radius 3 is 2.59 bits per heavy atom. The van der Waals surface area contributed by atoms with E-state index >= 15 is 0 Å². The zero-order valence-electron chi connectivity index (χ0n) is 10.2. The van der Waals surface area contributed by atoms with Crippen molar-refractivity contribution < 1.29 is 9.59 Å². The number of amides is 3. The molecular formula is C11H16N4O2. The highest BCUT2D eigenvalue weighted by atomic mass is 16.2. The second-order valence-electron chi connectivity index (χ2n) is 4.67. The van der Waals surface area contributed by atoms with Crippen LogP contribution in [0, 0.1) is 0 Å². The molecule has 2 rings (SSSR count). The van der Waals surface area contributed by atoms with E-state index in [-0.39, 0.29) is 11.9 Å². The van der Waals surface area contributed by atoms with E-state index in [1.54, 1.807) is 29.6 Å². The van der Waals surface area contributed by atoms with E-state index in [1.165, 1.54) is 0 Å². The summed E-state index contributed by atoms with van der Waals surface area (Å²) in [6.07, 6.45) is 2.40. The summed E-state index contributed by atoms with van der Waals surface area (Å²) in [4.78, 5) is 24.7. The standard InChI is InChI=1S/C11H16N4O2/c1-11(2)9(16)13-10(17)15(11)7-5-8-4-6-12-14(8)3/h4,6H,5,7H2,1-3H3,(H,13,16,17). The van der Waals surface area contributed by atoms with Crippen LogP contribution in [0.5, 0.6) is 0 Å². The van der Waals surface area contributed by atoms with Gasteiger partial charge in [-0.05, 0) is 19.9 Å². The molecule has 92 valence electrons. The molecular weight excluding hydrogens is 220 g/mol. The van der Waals surface area contributed by atoms with Crippen molar-refractivity contribution in [2.75, 3.05) is 6.54 Å². The van der Waals surface area contributed by atoms with Crippen LogP contribution < -0.4 is 5.32 Å². The van der Waals surface area contributed by atoms with Gasteiger partial charge in [-0.3, -0.25) is 14.8 Å². The smallest absolute Gasteiger partial charge is 0.310 e. The van der Waals surface area contributed by atoms with Crippen molar-refractivity contribution in [2.45, 2.75) is 25.8 Å². The summed E-state index contributed by atoms with van der Waals surface area (Å²) in [5, 5.41) is 6.39. The van der Waals surface area contributed by atoms with Gasteiger partial charge in [-0.15, -0.1) is 0 Å². The third kappa shape index (κ3) is 1.90. The number of nitrogens with one attached hydrogen (secondary N) is 1. The molecule has 0 radical (unpaired) electrons. The van der Waals surface area contributed by atoms with Crippen molar-refractivity contribution in [1.29, 1.82) is 0 Å². The molecule has 1 aromatic rings. The van der Waals surface area contributed by atoms with Gasteiger partial charge in [-0.1, -0.05) is 0 Å². The van der Waals surface area contributed by atoms with Crippen LogP contribution in [0.2, 0.25) is 0 Å². The number of hydrogen-bond acceptors (Lipinski definition) is 3. The van der Waals surface area contributed by atoms with Gasteiger partial charge in [0.1, 0.15) is 5.54 Å². The molecule has 6 heteroatoms. The highest BCUT2D eigenvalue weighted by Crippen LogP contribution is 2.20. The van der Waals surface area contributed by atoms with E-state index in [0.717, 1.165) is 5.69 Å². The number of imide groups is 1. The van der Waals surface area contributed by atoms with Crippen LogP contribution in [0.1, 0.15) is 19.5 Å². The molecule has 0 saturated carbocycles. The van der Waals surface area contributed by atoms with Gasteiger partial charge in [0.05, 0.1) is 0 Å². The first-order valence-electron chi connectivity index (χ1n) is 5.53. The Balaban J connectivity index is 2.07. The van der Waals surface area contributed by atoms with E-state index in [0.29, 0.717) is 13.0 Å². The Hall–Kier alpha value is -1.85. The number of aryl methyl sites for hydroxylation is 1. The highest BCUT2D eigenvalue weighted by molar-refractivity contribution is 6.06. The first kappa shape index (κ1) is 11.6. The average Bonchev–Trinajstić information content (AvgIpc) is 2.70. The van der Waals surface area contributed by atoms with Gasteiger partial charge in [-0.25, -0.2) is 4.79 Å². The predicted octanol–water partition coefficient (Wildman–Crippen LogP) is 0.293. The summed E-state index contributed by atoms with van der Waals surface area (Å²) in [5.74, 6) is -0.243. The van der Waals surface area contributed by atoms with Crippen LogP contribution in [-0.2, 0) is 18.3 Å². The van der Waals surface area contributed by atoms with Gasteiger partial charge in [0.2, 0.25) is 0 Å². The molecule has 0 atom stereocenters. The molecule has 0 aromatic carbocycles. The van der Waals surface area contributed by atoms with Crippen LogP contribution in [-0.4, -0.2) is 38.7 Å². The van der Waals surface area contributed by atoms with Crippen LogP contribution in [0.4, 0.5) is 4.79 Å². The van der Waals surface area contributed by atoms with E-state index in [4.69, 9.17) is 0 Å². The van der Waals surface area contributed by atoms with Crippen LogP contribution in [0.3, 0.4) is 0 Å². The summed E-state index contributed by atoms with van der Waals surface area (Å²) in [6, 6.07) is 1.59. The molecule has 0 aliphatic carbocycles. The van der Waals surface area contributed by atoms with Gasteiger partial charge in [0.25, 0.3) is 5.91 Å². The molecule has 3 amide bonds. The largest absolute Gasteiger partial charge is 0.325 e. The van der Waals surface area contributed by atoms with E-state index in [1.807, 2.05) is 13.1 Å². The summed E-state index contributed by atoms with van der Waals surface area (Å²) in [7, 11) is 1.86. The van der Waals surface area contributed by atoms with Gasteiger partial charge in [0, 0.05) is 31.9 Å². The predicted molar refractivity (Wildman–Crippen MR) is 61.2 cm³/mol. The number of carbonyl (C=O) groups excluding carboxylic acids is 2. The molecule has 2 heterocycles. The maximum atomic E-state index is 11.6. The van der Waals surface area contributed by atoms with Crippen molar-refractivity contribution in [3.63, 3.8) is 0 Å². The zero-order chi connectivity index (χ0) is 12.6. The number of aromatic nitrogens is 2. The molecule has 1 fully saturated rings. The van der Waals surface area contributed by atoms with Gasteiger partial charge >= 0.3 is 6.03 Å². The zero-order valence-corrected chi connectivity index (χ0v) is 10.2. The molecule has 1 aliphatic rings. The number of rotatable bonds is 3. The minimum Gasteiger partial charge on any atom is -0.310 e. The maximum Gasteiger partial charge on any atom is 0.325 e. The quantitative estimate of drug-likeness (QED) is 0.767. The molecule has 1 N–H and O–H groups in total. The molecule has 0 unspecified atom stereocenters. The Labute approximate surface area is 99.6 Å². The third-order valence-corrected chi connectivity index (χ3v) is 3.21. The molecule has 6 nitrogen and oxygen atoms in total. The maximum absolute atomic E-state index is 11.6. The number of hydrogen-bond donors (Lipinski definition) is 1. The molecule has 17 heavy (non-hydrogen) atoms. The fourth-order valence-electron chi connectivity index (χ4n) is 1.95. The van der Waals surface area contributed by atoms with Crippen molar-refractivity contribution >= 4 is 11.9 Å². The number of carbonyl (C=O) groups is 2. The molecule has 1 aromatic heterocycles. The van der Waals surface area contributed by atoms with Crippen LogP contribution in [0.15, 0.2) is 12.3 Å². The monoisotopic (exact) mass is 236 g/mol. The van der Waals surface area contributed by atoms with Crippen LogP contribution >= 0.6 is 0 Å². The second kappa shape index (κ2) is 3.87. The fraction of sp³-hybridized carbons (Fsp3) is 0.545. The Morgan fingerprint density at radius 2 is 2.12 bits per heavy atom. The van der Waals surface area contributed by atoms with Crippen molar-refractivity contribution in [3.05, 3.63) is 18.0 Å². The first-order valence-corrected chi connectivity index (χ1v) is 5.53. The molecule has 0 bridgehead atoms. The first-order chi connectivity index (χ1) is 7.93. The third-order valence-electron chi connectivity index (χ3n) is 3.21. The topological polar surface area (TPSA) is 67.2 Å². The van der Waals surface area contributed by atoms with Crippen molar-refractivity contribution in [1.82, 2.24) is 20.0 Å². The lowest BCUT2D eigenvalue weighted by molar-refractivity contribution is -0.125. The average molecular weight is 236 g/mol. The van der Waals surface area contributed by atoms with E-state index in [2.05, 4.69) is 10.4 Å². The summed E-state index contributed by atoms with van der Waals surface area (Å²) in [5.41, 5.74) is 0.267. The Bertz CT molecular complexity index is 464. The van der Waals surface area contributed by atoms with Gasteiger partial charge < -0.3 is 4.90 Å². The van der Waals surface area contributed by atoms with Crippen LogP contribution in [0.25, 0.3) is 0 Å². The minimum absolute atomic E-state index is 0.243. The Kier molecular flexibility index (Phi) is 2.65. The summed E-state index contributed by atoms with van der Waals surface area (Å²) in [6.45, 7) is 4.00. The van der Waals surface area contributed by atoms with Crippen molar-refractivity contribution in [2.24, 2.45) is 7.05 Å². The van der Waals surface area contributed by atoms with E-state index < -0.39 is 5.54 Å². The number of urea groups is 1. The minimum atomic E-state index is -0.768. The second-order valence-corrected chi connectivity index (χ2v) is 4.67. The fourth-order valence-corrected chi connectivity index (χ4v) is 1.95. The summed E-state index contributed by atoms with van der Waals surface area (Å²) < 4.78 is 1.77. The molecule has 1 saturated heterocycles. The van der Waals surface area contributed by atoms with E-state index in [9.17, 15) is 9.59 Å². The highest BCUT2D eigenvalue weighted by Gasteiger charge is 2.45. The lowest BCUT2D eigenvalue weighted by atomic mass is 10.0. The molecule has 0 spiro atoms. The molecule has 1 aliphatic heterocycles. The summed E-state index contributed by atoms with van der Waals surface area (Å²) >= 11 is 0. The van der Waals surface area contributed by atoms with Gasteiger partial charge in [-0.2, -0.15) is 5.10 Å². The lowest BCUT2D eigenvalue weighted by Crippen LogP contribution is -2.45. The normalized spacial score (nSPS) is 18.6. The SMILES string of the molecule is Cn1nccc1CCN1C(=O)NC(=O)C1(C)C. The van der Waals surface area contributed by atoms with Crippen molar-refractivity contribution in [3.8, 4) is 0 Å². The number of nitrogens with zero attached hydrogens (tertiary/aromatic N) is 3.